The normalized spacial score (nSPS) is 15.5. The highest BCUT2D eigenvalue weighted by Crippen LogP contribution is 2.32. The van der Waals surface area contributed by atoms with Crippen molar-refractivity contribution in [1.82, 2.24) is 15.3 Å². The fourth-order valence-corrected chi connectivity index (χ4v) is 4.26. The Hall–Kier alpha value is -0.900. The molecule has 9 heteroatoms. The van der Waals surface area contributed by atoms with Crippen molar-refractivity contribution in [2.24, 2.45) is 5.92 Å². The fraction of sp³-hybridized carbons (Fsp3) is 0.588. The Bertz CT molecular complexity index is 720. The van der Waals surface area contributed by atoms with Gasteiger partial charge in [0.1, 0.15) is 5.76 Å². The molecule has 0 bridgehead atoms. The number of thiazole rings is 1. The van der Waals surface area contributed by atoms with Crippen LogP contribution in [0.2, 0.25) is 0 Å². The third-order valence-corrected chi connectivity index (χ3v) is 6.15. The van der Waals surface area contributed by atoms with Crippen LogP contribution in [0.25, 0.3) is 0 Å². The van der Waals surface area contributed by atoms with E-state index in [0.29, 0.717) is 16.8 Å². The first-order valence-electron chi connectivity index (χ1n) is 8.47. The van der Waals surface area contributed by atoms with E-state index in [0.717, 1.165) is 35.9 Å². The molecule has 0 unspecified atom stereocenters. The van der Waals surface area contributed by atoms with Crippen molar-refractivity contribution in [2.75, 3.05) is 18.4 Å². The van der Waals surface area contributed by atoms with E-state index in [1.54, 1.807) is 24.2 Å². The number of nitrogens with zero attached hydrogens (tertiary/aromatic N) is 2. The van der Waals surface area contributed by atoms with E-state index >= 15 is 0 Å². The number of piperidine rings is 1. The second-order valence-electron chi connectivity index (χ2n) is 7.15. The predicted molar refractivity (Wildman–Crippen MR) is 111 cm³/mol. The number of thioether (sulfide) groups is 1. The number of carbonyl (C=O) groups excluding carboxylic acids is 1. The van der Waals surface area contributed by atoms with Crippen molar-refractivity contribution in [1.29, 1.82) is 0 Å². The highest BCUT2D eigenvalue weighted by Gasteiger charge is 2.22. The van der Waals surface area contributed by atoms with E-state index in [1.165, 1.54) is 11.3 Å². The Balaban J connectivity index is 0.00000243. The number of amides is 1. The number of hydrogen-bond donors (Lipinski definition) is 2. The molecule has 6 nitrogen and oxygen atoms in total. The Morgan fingerprint density at radius 1 is 1.35 bits per heavy atom. The molecular weight excluding hydrogens is 436 g/mol. The van der Waals surface area contributed by atoms with Crippen LogP contribution in [0, 0.1) is 5.92 Å². The van der Waals surface area contributed by atoms with Gasteiger partial charge in [0.05, 0.1) is 22.4 Å². The van der Waals surface area contributed by atoms with Gasteiger partial charge in [-0.25, -0.2) is 9.97 Å². The van der Waals surface area contributed by atoms with E-state index in [9.17, 15) is 4.79 Å². The number of aromatic nitrogens is 2. The van der Waals surface area contributed by atoms with Crippen LogP contribution in [0.3, 0.4) is 0 Å². The number of nitrogens with one attached hydrogen (secondary N) is 2. The maximum atomic E-state index is 12.2. The molecule has 0 atom stereocenters. The van der Waals surface area contributed by atoms with E-state index in [4.69, 9.17) is 4.42 Å². The molecule has 1 aliphatic rings. The van der Waals surface area contributed by atoms with Gasteiger partial charge in [0.25, 0.3) is 0 Å². The minimum Gasteiger partial charge on any atom is -0.444 e. The second kappa shape index (κ2) is 9.34. The Morgan fingerprint density at radius 2 is 2.08 bits per heavy atom. The quantitative estimate of drug-likeness (QED) is 0.649. The minimum absolute atomic E-state index is 0. The average molecular weight is 461 g/mol. The smallest absolute Gasteiger partial charge is 0.229 e. The van der Waals surface area contributed by atoms with Crippen LogP contribution in [0.1, 0.15) is 45.3 Å². The maximum Gasteiger partial charge on any atom is 0.229 e. The zero-order chi connectivity index (χ0) is 17.9. The molecule has 1 fully saturated rings. The molecule has 2 N–H and O–H groups in total. The zero-order valence-corrected chi connectivity index (χ0v) is 18.5. The number of oxazole rings is 1. The molecule has 0 aromatic carbocycles. The van der Waals surface area contributed by atoms with Crippen molar-refractivity contribution in [3.05, 3.63) is 24.0 Å². The highest BCUT2D eigenvalue weighted by molar-refractivity contribution is 8.93. The van der Waals surface area contributed by atoms with Gasteiger partial charge in [0, 0.05) is 11.3 Å². The van der Waals surface area contributed by atoms with Crippen LogP contribution in [0.15, 0.2) is 21.0 Å². The maximum absolute atomic E-state index is 12.2. The third kappa shape index (κ3) is 5.80. The summed E-state index contributed by atoms with van der Waals surface area (Å²) in [6, 6.07) is 0. The highest BCUT2D eigenvalue weighted by atomic mass is 79.9. The van der Waals surface area contributed by atoms with Gasteiger partial charge in [-0.1, -0.05) is 32.1 Å². The molecule has 0 radical (unpaired) electrons. The van der Waals surface area contributed by atoms with Gasteiger partial charge in [0.2, 0.25) is 11.8 Å². The summed E-state index contributed by atoms with van der Waals surface area (Å²) in [5.41, 5.74) is -0.0352. The molecule has 3 heterocycles. The van der Waals surface area contributed by atoms with Crippen molar-refractivity contribution in [2.45, 2.75) is 49.0 Å². The molecule has 2 aromatic rings. The summed E-state index contributed by atoms with van der Waals surface area (Å²) in [5, 5.41) is 6.87. The van der Waals surface area contributed by atoms with E-state index < -0.39 is 0 Å². The molecule has 0 saturated carbocycles. The SMILES string of the molecule is Br.CC(C)(C)c1cnc(CSc2cnc(NC(=O)C3CCNCC3)s2)o1. The van der Waals surface area contributed by atoms with Crippen molar-refractivity contribution in [3.8, 4) is 0 Å². The first-order valence-corrected chi connectivity index (χ1v) is 10.3. The van der Waals surface area contributed by atoms with E-state index in [2.05, 4.69) is 41.4 Å². The second-order valence-corrected chi connectivity index (χ2v) is 9.46. The number of hydrogen-bond acceptors (Lipinski definition) is 7. The lowest BCUT2D eigenvalue weighted by atomic mass is 9.94. The summed E-state index contributed by atoms with van der Waals surface area (Å²) in [4.78, 5) is 20.9. The van der Waals surface area contributed by atoms with Crippen LogP contribution in [-0.4, -0.2) is 29.0 Å². The average Bonchev–Trinajstić information content (AvgIpc) is 3.22. The molecule has 0 spiro atoms. The monoisotopic (exact) mass is 460 g/mol. The lowest BCUT2D eigenvalue weighted by molar-refractivity contribution is -0.120. The van der Waals surface area contributed by atoms with Crippen molar-refractivity contribution < 1.29 is 9.21 Å². The molecule has 26 heavy (non-hydrogen) atoms. The van der Waals surface area contributed by atoms with Crippen LogP contribution < -0.4 is 10.6 Å². The standard InChI is InChI=1S/C17H24N4O2S2.BrH/c1-17(2,3)12-8-19-13(23-12)10-24-14-9-20-16(25-14)21-15(22)11-4-6-18-7-5-11;/h8-9,11,18H,4-7,10H2,1-3H3,(H,20,21,22);1H. The van der Waals surface area contributed by atoms with Crippen molar-refractivity contribution in [3.63, 3.8) is 0 Å². The Labute approximate surface area is 172 Å². The molecule has 1 saturated heterocycles. The van der Waals surface area contributed by atoms with Crippen molar-refractivity contribution >= 4 is 51.1 Å². The number of halogens is 1. The molecular formula is C17H25BrN4O2S2. The van der Waals surface area contributed by atoms with Gasteiger partial charge in [-0.05, 0) is 25.9 Å². The number of carbonyl (C=O) groups is 1. The van der Waals surface area contributed by atoms with Gasteiger partial charge in [0.15, 0.2) is 5.13 Å². The summed E-state index contributed by atoms with van der Waals surface area (Å²) < 4.78 is 6.84. The minimum atomic E-state index is -0.0352. The number of anilines is 1. The Kier molecular flexibility index (Phi) is 7.69. The first kappa shape index (κ1) is 21.4. The van der Waals surface area contributed by atoms with Gasteiger partial charge < -0.3 is 15.1 Å². The van der Waals surface area contributed by atoms with Crippen LogP contribution in [0.5, 0.6) is 0 Å². The Morgan fingerprint density at radius 3 is 2.73 bits per heavy atom. The van der Waals surface area contributed by atoms with E-state index in [-0.39, 0.29) is 34.2 Å². The first-order chi connectivity index (χ1) is 11.9. The lowest BCUT2D eigenvalue weighted by Gasteiger charge is -2.20. The van der Waals surface area contributed by atoms with Gasteiger partial charge in [-0.3, -0.25) is 4.79 Å². The van der Waals surface area contributed by atoms with Crippen LogP contribution >= 0.6 is 40.1 Å². The van der Waals surface area contributed by atoms with Crippen LogP contribution in [0.4, 0.5) is 5.13 Å². The molecule has 1 amide bonds. The summed E-state index contributed by atoms with van der Waals surface area (Å²) >= 11 is 3.11. The largest absolute Gasteiger partial charge is 0.444 e. The summed E-state index contributed by atoms with van der Waals surface area (Å²) in [7, 11) is 0. The predicted octanol–water partition coefficient (Wildman–Crippen LogP) is 4.24. The van der Waals surface area contributed by atoms with Gasteiger partial charge >= 0.3 is 0 Å². The third-order valence-electron chi connectivity index (χ3n) is 4.06. The molecule has 2 aromatic heterocycles. The molecule has 3 rings (SSSR count). The topological polar surface area (TPSA) is 80.0 Å². The molecule has 0 aliphatic carbocycles. The van der Waals surface area contributed by atoms with Gasteiger partial charge in [-0.2, -0.15) is 0 Å². The molecule has 144 valence electrons. The zero-order valence-electron chi connectivity index (χ0n) is 15.2. The van der Waals surface area contributed by atoms with Gasteiger partial charge in [-0.15, -0.1) is 28.7 Å². The fourth-order valence-electron chi connectivity index (χ4n) is 2.53. The lowest BCUT2D eigenvalue weighted by Crippen LogP contribution is -2.34. The number of rotatable bonds is 5. The molecule has 1 aliphatic heterocycles. The summed E-state index contributed by atoms with van der Waals surface area (Å²) in [6.07, 6.45) is 5.37. The summed E-state index contributed by atoms with van der Waals surface area (Å²) in [5.74, 6) is 2.42. The summed E-state index contributed by atoms with van der Waals surface area (Å²) in [6.45, 7) is 8.12. The van der Waals surface area contributed by atoms with E-state index in [1.807, 2.05) is 0 Å². The van der Waals surface area contributed by atoms with Crippen LogP contribution in [-0.2, 0) is 16.0 Å².